The minimum absolute atomic E-state index is 0.0641. The monoisotopic (exact) mass is 603 g/mol. The lowest BCUT2D eigenvalue weighted by Gasteiger charge is -2.29. The van der Waals surface area contributed by atoms with E-state index in [1.54, 1.807) is 24.3 Å². The van der Waals surface area contributed by atoms with Crippen LogP contribution >= 0.6 is 15.9 Å². The van der Waals surface area contributed by atoms with Gasteiger partial charge in [-0.2, -0.15) is 0 Å². The van der Waals surface area contributed by atoms with Gasteiger partial charge < -0.3 is 24.3 Å². The van der Waals surface area contributed by atoms with Gasteiger partial charge >= 0.3 is 0 Å². The van der Waals surface area contributed by atoms with E-state index >= 15 is 0 Å². The molecule has 11 nitrogen and oxygen atoms in total. The average molecular weight is 604 g/mol. The maximum Gasteiger partial charge on any atom is 0.278 e. The van der Waals surface area contributed by atoms with E-state index in [0.29, 0.717) is 22.3 Å². The lowest BCUT2D eigenvalue weighted by atomic mass is 9.87. The number of carbonyl (C=O) groups excluding carboxylic acids is 1. The summed E-state index contributed by atoms with van der Waals surface area (Å²) >= 11 is 3.34. The summed E-state index contributed by atoms with van der Waals surface area (Å²) in [6, 6.07) is 8.71. The van der Waals surface area contributed by atoms with Gasteiger partial charge in [0, 0.05) is 32.7 Å². The van der Waals surface area contributed by atoms with Crippen molar-refractivity contribution in [3.63, 3.8) is 0 Å². The second-order valence-corrected chi connectivity index (χ2v) is 12.1. The zero-order valence-electron chi connectivity index (χ0n) is 21.2. The van der Waals surface area contributed by atoms with Crippen LogP contribution in [0.2, 0.25) is 0 Å². The smallest absolute Gasteiger partial charge is 0.278 e. The van der Waals surface area contributed by atoms with Gasteiger partial charge in [0.1, 0.15) is 4.47 Å². The number of nitrogens with one attached hydrogen (secondary N) is 1. The Morgan fingerprint density at radius 3 is 2.61 bits per heavy atom. The van der Waals surface area contributed by atoms with E-state index in [4.69, 9.17) is 14.1 Å². The number of hydrogen-bond donors (Lipinski definition) is 1. The van der Waals surface area contributed by atoms with Crippen molar-refractivity contribution in [1.29, 1.82) is 0 Å². The number of hydrogen-bond acceptors (Lipinski definition) is 9. The third-order valence-corrected chi connectivity index (χ3v) is 9.20. The predicted molar refractivity (Wildman–Crippen MR) is 143 cm³/mol. The van der Waals surface area contributed by atoms with Crippen LogP contribution in [0.5, 0.6) is 5.88 Å². The molecule has 0 saturated heterocycles. The quantitative estimate of drug-likeness (QED) is 0.408. The normalized spacial score (nSPS) is 16.5. The summed E-state index contributed by atoms with van der Waals surface area (Å²) in [5.74, 6) is 0.282. The van der Waals surface area contributed by atoms with Crippen LogP contribution in [0.15, 0.2) is 49.4 Å². The Balaban J connectivity index is 1.54. The van der Waals surface area contributed by atoms with Crippen molar-refractivity contribution in [2.24, 2.45) is 5.16 Å². The van der Waals surface area contributed by atoms with Gasteiger partial charge in [0.05, 0.1) is 17.7 Å². The summed E-state index contributed by atoms with van der Waals surface area (Å²) < 4.78 is 37.1. The molecule has 0 bridgehead atoms. The molecular formula is C25H26BrN5O6S. The minimum Gasteiger partial charge on any atom is -0.478 e. The number of fused-ring (bicyclic) bond motifs is 3. The molecule has 0 atom stereocenters. The maximum atomic E-state index is 13.0. The molecule has 2 aromatic carbocycles. The van der Waals surface area contributed by atoms with Crippen molar-refractivity contribution in [3.8, 4) is 17.0 Å². The van der Waals surface area contributed by atoms with E-state index < -0.39 is 10.0 Å². The molecule has 3 aromatic rings. The lowest BCUT2D eigenvalue weighted by Crippen LogP contribution is -2.27. The lowest BCUT2D eigenvalue weighted by molar-refractivity contribution is -0.110. The fourth-order valence-corrected chi connectivity index (χ4v) is 5.87. The van der Waals surface area contributed by atoms with Crippen LogP contribution in [-0.4, -0.2) is 69.2 Å². The molecule has 13 heteroatoms. The van der Waals surface area contributed by atoms with Gasteiger partial charge in [0.2, 0.25) is 10.0 Å². The fourth-order valence-electron chi connectivity index (χ4n) is 4.55. The number of sulfonamides is 1. The SMILES string of the molecule is COc1noc(CO/N=C2\C(=O)Nc3c2cc(-c2ccc(S(=O)(=O)N(C)C)cc2)c2c3CN(C)CC2)c1Br. The molecule has 0 fully saturated rings. The molecule has 0 unspecified atom stereocenters. The van der Waals surface area contributed by atoms with Crippen molar-refractivity contribution in [2.45, 2.75) is 24.5 Å². The third-order valence-electron chi connectivity index (χ3n) is 6.59. The predicted octanol–water partition coefficient (Wildman–Crippen LogP) is 3.22. The molecule has 1 N–H and O–H groups in total. The molecule has 1 amide bonds. The van der Waals surface area contributed by atoms with Crippen LogP contribution in [0.3, 0.4) is 0 Å². The Morgan fingerprint density at radius 2 is 1.95 bits per heavy atom. The van der Waals surface area contributed by atoms with Crippen molar-refractivity contribution < 1.29 is 27.3 Å². The molecular weight excluding hydrogens is 578 g/mol. The molecule has 0 radical (unpaired) electrons. The number of nitrogens with zero attached hydrogens (tertiary/aromatic N) is 4. The van der Waals surface area contributed by atoms with Crippen LogP contribution in [0.4, 0.5) is 5.69 Å². The number of ether oxygens (including phenoxy) is 1. The number of anilines is 1. The number of rotatable bonds is 7. The highest BCUT2D eigenvalue weighted by Gasteiger charge is 2.34. The Kier molecular flexibility index (Phi) is 7.03. The zero-order valence-corrected chi connectivity index (χ0v) is 23.6. The van der Waals surface area contributed by atoms with Gasteiger partial charge in [-0.25, -0.2) is 12.7 Å². The van der Waals surface area contributed by atoms with E-state index in [-0.39, 0.29) is 29.0 Å². The number of oxime groups is 1. The molecule has 2 aliphatic rings. The number of methoxy groups -OCH3 is 1. The first kappa shape index (κ1) is 26.4. The van der Waals surface area contributed by atoms with Gasteiger partial charge in [-0.1, -0.05) is 17.3 Å². The van der Waals surface area contributed by atoms with Crippen molar-refractivity contribution >= 4 is 43.3 Å². The van der Waals surface area contributed by atoms with Crippen molar-refractivity contribution in [1.82, 2.24) is 14.4 Å². The first-order valence-corrected chi connectivity index (χ1v) is 13.9. The summed E-state index contributed by atoms with van der Waals surface area (Å²) in [5.41, 5.74) is 5.39. The van der Waals surface area contributed by atoms with E-state index in [9.17, 15) is 13.2 Å². The Bertz CT molecular complexity index is 1550. The second-order valence-electron chi connectivity index (χ2n) is 9.20. The van der Waals surface area contributed by atoms with Gasteiger partial charge in [0.15, 0.2) is 18.1 Å². The highest BCUT2D eigenvalue weighted by molar-refractivity contribution is 9.10. The van der Waals surface area contributed by atoms with Crippen LogP contribution in [0, 0.1) is 0 Å². The topological polar surface area (TPSA) is 127 Å². The fraction of sp³-hybridized carbons (Fsp3) is 0.320. The molecule has 3 heterocycles. The number of benzene rings is 2. The molecule has 0 saturated carbocycles. The summed E-state index contributed by atoms with van der Waals surface area (Å²) in [6.45, 7) is 1.45. The maximum absolute atomic E-state index is 13.0. The Morgan fingerprint density at radius 1 is 1.21 bits per heavy atom. The highest BCUT2D eigenvalue weighted by Crippen LogP contribution is 2.40. The molecule has 38 heavy (non-hydrogen) atoms. The number of aromatic nitrogens is 1. The van der Waals surface area contributed by atoms with Crippen LogP contribution in [0.1, 0.15) is 22.5 Å². The number of halogens is 1. The summed E-state index contributed by atoms with van der Waals surface area (Å²) in [7, 11) is 2.95. The highest BCUT2D eigenvalue weighted by atomic mass is 79.9. The van der Waals surface area contributed by atoms with Gasteiger partial charge in [-0.05, 0) is 75.0 Å². The van der Waals surface area contributed by atoms with Crippen LogP contribution < -0.4 is 10.1 Å². The minimum atomic E-state index is -3.55. The Hall–Kier alpha value is -3.26. The molecule has 2 aliphatic heterocycles. The first-order valence-electron chi connectivity index (χ1n) is 11.7. The Labute approximate surface area is 228 Å². The van der Waals surface area contributed by atoms with Gasteiger partial charge in [0.25, 0.3) is 11.8 Å². The zero-order chi connectivity index (χ0) is 27.2. The van der Waals surface area contributed by atoms with E-state index in [1.807, 2.05) is 13.1 Å². The number of likely N-dealkylation sites (N-methyl/N-ethyl adjacent to an activating group) is 1. The summed E-state index contributed by atoms with van der Waals surface area (Å²) in [5, 5.41) is 10.9. The summed E-state index contributed by atoms with van der Waals surface area (Å²) in [6.07, 6.45) is 0.784. The van der Waals surface area contributed by atoms with Crippen molar-refractivity contribution in [3.05, 3.63) is 57.3 Å². The number of carbonyl (C=O) groups is 1. The summed E-state index contributed by atoms with van der Waals surface area (Å²) in [4.78, 5) is 20.8. The largest absolute Gasteiger partial charge is 0.478 e. The second kappa shape index (κ2) is 10.1. The van der Waals surface area contributed by atoms with E-state index in [2.05, 4.69) is 36.5 Å². The molecule has 0 spiro atoms. The standard InChI is InChI=1S/C25H26BrN5O6S/c1-30(2)38(33,34)15-7-5-14(6-8-15)17-11-18-22(19-12-31(3)10-9-16(17)19)27-24(32)23(18)28-36-13-20-21(26)25(35-4)29-37-20/h5-8,11H,9-10,12-13H2,1-4H3,(H,27,28,32). The molecule has 1 aromatic heterocycles. The third kappa shape index (κ3) is 4.59. The molecule has 0 aliphatic carbocycles. The van der Waals surface area contributed by atoms with E-state index in [1.165, 1.54) is 25.5 Å². The van der Waals surface area contributed by atoms with E-state index in [0.717, 1.165) is 40.9 Å². The van der Waals surface area contributed by atoms with Gasteiger partial charge in [-0.3, -0.25) is 4.79 Å². The van der Waals surface area contributed by atoms with Crippen LogP contribution in [-0.2, 0) is 39.2 Å². The van der Waals surface area contributed by atoms with Gasteiger partial charge in [-0.15, -0.1) is 0 Å². The van der Waals surface area contributed by atoms with Crippen LogP contribution in [0.25, 0.3) is 11.1 Å². The first-order chi connectivity index (χ1) is 18.1. The molecule has 200 valence electrons. The average Bonchev–Trinajstić information content (AvgIpc) is 3.42. The molecule has 5 rings (SSSR count). The van der Waals surface area contributed by atoms with Crippen molar-refractivity contribution in [2.75, 3.05) is 40.1 Å². The number of amides is 1.